The van der Waals surface area contributed by atoms with Gasteiger partial charge in [0, 0.05) is 30.4 Å². The van der Waals surface area contributed by atoms with Gasteiger partial charge in [-0.3, -0.25) is 4.79 Å². The topological polar surface area (TPSA) is 124 Å². The highest BCUT2D eigenvalue weighted by atomic mass is 16.5. The number of phenolic OH excluding ortho intramolecular Hbond substituents is 1. The van der Waals surface area contributed by atoms with E-state index in [1.807, 2.05) is 18.3 Å². The lowest BCUT2D eigenvalue weighted by Crippen LogP contribution is -2.23. The van der Waals surface area contributed by atoms with E-state index in [0.717, 1.165) is 35.2 Å². The van der Waals surface area contributed by atoms with E-state index in [9.17, 15) is 9.90 Å². The van der Waals surface area contributed by atoms with Crippen LogP contribution in [0.4, 0.5) is 17.5 Å². The zero-order valence-electron chi connectivity index (χ0n) is 20.4. The monoisotopic (exact) mass is 486 g/mol. The number of H-pyrrole nitrogens is 1. The van der Waals surface area contributed by atoms with E-state index in [1.54, 1.807) is 44.5 Å². The van der Waals surface area contributed by atoms with Crippen molar-refractivity contribution in [3.63, 3.8) is 0 Å². The Balaban J connectivity index is 1.55. The number of nitrogens with one attached hydrogen (secondary N) is 4. The highest BCUT2D eigenvalue weighted by molar-refractivity contribution is 6.02. The van der Waals surface area contributed by atoms with Gasteiger partial charge in [0.15, 0.2) is 0 Å². The van der Waals surface area contributed by atoms with E-state index < -0.39 is 0 Å². The van der Waals surface area contributed by atoms with Gasteiger partial charge >= 0.3 is 0 Å². The van der Waals surface area contributed by atoms with Crippen LogP contribution >= 0.6 is 0 Å². The number of benzene rings is 2. The number of hydrogen-bond donors (Lipinski definition) is 5. The minimum Gasteiger partial charge on any atom is -0.508 e. The van der Waals surface area contributed by atoms with E-state index >= 15 is 0 Å². The molecule has 36 heavy (non-hydrogen) atoms. The number of methoxy groups -OCH3 is 1. The van der Waals surface area contributed by atoms with Crippen molar-refractivity contribution in [3.8, 4) is 22.6 Å². The van der Waals surface area contributed by atoms with Crippen LogP contribution in [-0.2, 0) is 0 Å². The second-order valence-electron chi connectivity index (χ2n) is 8.97. The standard InChI is InChI=1S/C27H30N6O3/c1-28-26(35)17-10-13-21(22(14-17)36-2)31-27-32-24-23(25(33-27)30-18-6-4-3-5-7-18)20(15-29-24)16-8-11-19(34)12-9-16/h8-15,18,34H,3-7H2,1-2H3,(H,28,35)(H3,29,30,31,32,33). The molecule has 0 unspecified atom stereocenters. The SMILES string of the molecule is CNC(=O)c1ccc(Nc2nc(NC3CCCCC3)c3c(-c4ccc(O)cc4)c[nH]c3n2)c(OC)c1. The third kappa shape index (κ3) is 4.77. The average Bonchev–Trinajstić information content (AvgIpc) is 3.34. The Morgan fingerprint density at radius 2 is 1.86 bits per heavy atom. The molecule has 2 aromatic heterocycles. The number of fused-ring (bicyclic) bond motifs is 1. The molecule has 2 aromatic carbocycles. The summed E-state index contributed by atoms with van der Waals surface area (Å²) in [5, 5.41) is 20.2. The number of anilines is 3. The number of ether oxygens (including phenoxy) is 1. The van der Waals surface area contributed by atoms with Gasteiger partial charge in [0.25, 0.3) is 5.91 Å². The molecular formula is C27H30N6O3. The minimum absolute atomic E-state index is 0.190. The molecule has 0 saturated heterocycles. The Bertz CT molecular complexity index is 1380. The van der Waals surface area contributed by atoms with Crippen molar-refractivity contribution in [3.05, 3.63) is 54.2 Å². The van der Waals surface area contributed by atoms with Crippen LogP contribution in [0.2, 0.25) is 0 Å². The molecule has 1 saturated carbocycles. The molecule has 4 aromatic rings. The summed E-state index contributed by atoms with van der Waals surface area (Å²) in [6, 6.07) is 12.6. The lowest BCUT2D eigenvalue weighted by Gasteiger charge is -2.24. The third-order valence-corrected chi connectivity index (χ3v) is 6.59. The molecule has 9 heteroatoms. The lowest BCUT2D eigenvalue weighted by molar-refractivity contribution is 0.0963. The Morgan fingerprint density at radius 3 is 2.58 bits per heavy atom. The van der Waals surface area contributed by atoms with Crippen LogP contribution in [0.1, 0.15) is 42.5 Å². The van der Waals surface area contributed by atoms with Crippen molar-refractivity contribution in [1.82, 2.24) is 20.3 Å². The molecule has 9 nitrogen and oxygen atoms in total. The Labute approximate surface area is 209 Å². The number of aromatic nitrogens is 3. The molecule has 186 valence electrons. The number of carbonyl (C=O) groups excluding carboxylic acids is 1. The summed E-state index contributed by atoms with van der Waals surface area (Å²) in [7, 11) is 3.15. The number of nitrogens with zero attached hydrogens (tertiary/aromatic N) is 2. The molecule has 1 amide bonds. The molecule has 2 heterocycles. The second kappa shape index (κ2) is 10.2. The fourth-order valence-electron chi connectivity index (χ4n) is 4.70. The molecule has 0 bridgehead atoms. The van der Waals surface area contributed by atoms with Gasteiger partial charge in [-0.2, -0.15) is 9.97 Å². The summed E-state index contributed by atoms with van der Waals surface area (Å²) in [6.07, 6.45) is 7.77. The first-order valence-corrected chi connectivity index (χ1v) is 12.2. The van der Waals surface area contributed by atoms with Crippen molar-refractivity contribution < 1.29 is 14.6 Å². The van der Waals surface area contributed by atoms with Crippen molar-refractivity contribution in [2.75, 3.05) is 24.8 Å². The summed E-state index contributed by atoms with van der Waals surface area (Å²) in [4.78, 5) is 24.9. The number of hydrogen-bond acceptors (Lipinski definition) is 7. The predicted molar refractivity (Wildman–Crippen MR) is 141 cm³/mol. The summed E-state index contributed by atoms with van der Waals surface area (Å²) < 4.78 is 5.52. The quantitative estimate of drug-likeness (QED) is 0.244. The van der Waals surface area contributed by atoms with Crippen LogP contribution in [-0.4, -0.2) is 46.2 Å². The fourth-order valence-corrected chi connectivity index (χ4v) is 4.70. The molecule has 1 fully saturated rings. The molecule has 0 radical (unpaired) electrons. The number of aromatic hydroxyl groups is 1. The predicted octanol–water partition coefficient (Wildman–Crippen LogP) is 5.19. The Kier molecular flexibility index (Phi) is 6.62. The molecule has 0 aliphatic heterocycles. The minimum atomic E-state index is -0.190. The van der Waals surface area contributed by atoms with Gasteiger partial charge in [-0.15, -0.1) is 0 Å². The third-order valence-electron chi connectivity index (χ3n) is 6.59. The highest BCUT2D eigenvalue weighted by Gasteiger charge is 2.20. The summed E-state index contributed by atoms with van der Waals surface area (Å²) >= 11 is 0. The van der Waals surface area contributed by atoms with E-state index in [-0.39, 0.29) is 11.7 Å². The summed E-state index contributed by atoms with van der Waals surface area (Å²) in [6.45, 7) is 0. The smallest absolute Gasteiger partial charge is 0.251 e. The average molecular weight is 487 g/mol. The number of rotatable bonds is 7. The van der Waals surface area contributed by atoms with Crippen molar-refractivity contribution in [2.45, 2.75) is 38.1 Å². The number of carbonyl (C=O) groups is 1. The first-order chi connectivity index (χ1) is 17.6. The molecule has 1 aliphatic rings. The largest absolute Gasteiger partial charge is 0.508 e. The van der Waals surface area contributed by atoms with E-state index in [2.05, 4.69) is 20.9 Å². The molecule has 1 aliphatic carbocycles. The van der Waals surface area contributed by atoms with Crippen molar-refractivity contribution >= 4 is 34.4 Å². The van der Waals surface area contributed by atoms with E-state index in [1.165, 1.54) is 19.3 Å². The molecule has 0 atom stereocenters. The highest BCUT2D eigenvalue weighted by Crippen LogP contribution is 2.36. The van der Waals surface area contributed by atoms with Crippen molar-refractivity contribution in [1.29, 1.82) is 0 Å². The Morgan fingerprint density at radius 1 is 1.08 bits per heavy atom. The van der Waals surface area contributed by atoms with E-state index in [0.29, 0.717) is 34.6 Å². The van der Waals surface area contributed by atoms with Crippen LogP contribution < -0.4 is 20.7 Å². The van der Waals surface area contributed by atoms with Gasteiger partial charge in [-0.25, -0.2) is 0 Å². The molecule has 0 spiro atoms. The van der Waals surface area contributed by atoms with Gasteiger partial charge in [0.1, 0.15) is 23.0 Å². The van der Waals surface area contributed by atoms with Crippen LogP contribution in [0, 0.1) is 0 Å². The van der Waals surface area contributed by atoms with Gasteiger partial charge in [-0.1, -0.05) is 31.4 Å². The Hall–Kier alpha value is -4.27. The van der Waals surface area contributed by atoms with Gasteiger partial charge in [0.2, 0.25) is 5.95 Å². The van der Waals surface area contributed by atoms with Gasteiger partial charge in [0.05, 0.1) is 18.2 Å². The molecule has 5 N–H and O–H groups in total. The van der Waals surface area contributed by atoms with Crippen LogP contribution in [0.5, 0.6) is 11.5 Å². The maximum Gasteiger partial charge on any atom is 0.251 e. The summed E-state index contributed by atoms with van der Waals surface area (Å²) in [5.41, 5.74) is 3.76. The first kappa shape index (κ1) is 23.5. The molecule has 5 rings (SSSR count). The zero-order chi connectivity index (χ0) is 25.1. The zero-order valence-corrected chi connectivity index (χ0v) is 20.4. The van der Waals surface area contributed by atoms with Gasteiger partial charge < -0.3 is 30.8 Å². The first-order valence-electron chi connectivity index (χ1n) is 12.2. The van der Waals surface area contributed by atoms with Crippen LogP contribution in [0.15, 0.2) is 48.7 Å². The number of aromatic amines is 1. The maximum absolute atomic E-state index is 12.0. The normalized spacial score (nSPS) is 13.9. The molecular weight excluding hydrogens is 456 g/mol. The lowest BCUT2D eigenvalue weighted by atomic mass is 9.95. The van der Waals surface area contributed by atoms with Gasteiger partial charge in [-0.05, 0) is 48.7 Å². The number of phenols is 1. The van der Waals surface area contributed by atoms with Crippen LogP contribution in [0.3, 0.4) is 0 Å². The van der Waals surface area contributed by atoms with Crippen LogP contribution in [0.25, 0.3) is 22.2 Å². The number of amides is 1. The van der Waals surface area contributed by atoms with Crippen molar-refractivity contribution in [2.24, 2.45) is 0 Å². The van der Waals surface area contributed by atoms with E-state index in [4.69, 9.17) is 14.7 Å². The fraction of sp³-hybridized carbons (Fsp3) is 0.296. The maximum atomic E-state index is 12.0. The summed E-state index contributed by atoms with van der Waals surface area (Å²) in [5.74, 6) is 1.70. The second-order valence-corrected chi connectivity index (χ2v) is 8.97.